The van der Waals surface area contributed by atoms with Crippen molar-refractivity contribution < 1.29 is 18.7 Å². The third kappa shape index (κ3) is 5.63. The summed E-state index contributed by atoms with van der Waals surface area (Å²) >= 11 is 0. The molecule has 2 aliphatic heterocycles. The fourth-order valence-corrected chi connectivity index (χ4v) is 4.45. The van der Waals surface area contributed by atoms with Gasteiger partial charge in [0.15, 0.2) is 11.6 Å². The number of piperidine rings is 1. The SMILES string of the molecule is COc1ccc(C(=O)N2CCC(Cc3ccc(CN4CCOCC4)cc3)CC2)cc1F. The number of nitrogens with zero attached hydrogens (tertiary/aromatic N) is 2. The van der Waals surface area contributed by atoms with E-state index in [4.69, 9.17) is 9.47 Å². The summed E-state index contributed by atoms with van der Waals surface area (Å²) in [5, 5.41) is 0. The Morgan fingerprint density at radius 2 is 1.71 bits per heavy atom. The molecule has 5 nitrogen and oxygen atoms in total. The van der Waals surface area contributed by atoms with Crippen molar-refractivity contribution in [3.05, 3.63) is 65.0 Å². The van der Waals surface area contributed by atoms with Crippen molar-refractivity contribution in [1.29, 1.82) is 0 Å². The first-order chi connectivity index (χ1) is 15.1. The maximum atomic E-state index is 13.9. The molecule has 0 unspecified atom stereocenters. The van der Waals surface area contributed by atoms with Gasteiger partial charge in [-0.2, -0.15) is 0 Å². The molecule has 2 fully saturated rings. The molecule has 2 saturated heterocycles. The lowest BCUT2D eigenvalue weighted by molar-refractivity contribution is 0.0342. The number of carbonyl (C=O) groups excluding carboxylic acids is 1. The van der Waals surface area contributed by atoms with E-state index in [0.29, 0.717) is 24.6 Å². The van der Waals surface area contributed by atoms with E-state index in [1.54, 1.807) is 6.07 Å². The van der Waals surface area contributed by atoms with Crippen molar-refractivity contribution in [2.75, 3.05) is 46.5 Å². The molecule has 2 heterocycles. The minimum atomic E-state index is -0.500. The fourth-order valence-electron chi connectivity index (χ4n) is 4.45. The molecule has 0 atom stereocenters. The van der Waals surface area contributed by atoms with E-state index in [1.165, 1.54) is 30.4 Å². The Kier molecular flexibility index (Phi) is 7.20. The quantitative estimate of drug-likeness (QED) is 0.705. The van der Waals surface area contributed by atoms with Gasteiger partial charge in [0.25, 0.3) is 5.91 Å². The first-order valence-corrected chi connectivity index (χ1v) is 11.1. The van der Waals surface area contributed by atoms with E-state index in [1.807, 2.05) is 4.90 Å². The van der Waals surface area contributed by atoms with Crippen LogP contribution in [0.5, 0.6) is 5.75 Å². The van der Waals surface area contributed by atoms with Gasteiger partial charge in [-0.25, -0.2) is 4.39 Å². The average molecular weight is 427 g/mol. The standard InChI is InChI=1S/C25H31FN2O3/c1-30-24-7-6-22(17-23(24)26)25(29)28-10-8-20(9-11-28)16-19-2-4-21(5-3-19)18-27-12-14-31-15-13-27/h2-7,17,20H,8-16,18H2,1H3. The average Bonchev–Trinajstić information content (AvgIpc) is 2.81. The molecule has 6 heteroatoms. The highest BCUT2D eigenvalue weighted by molar-refractivity contribution is 5.94. The van der Waals surface area contributed by atoms with Gasteiger partial charge in [0.2, 0.25) is 0 Å². The van der Waals surface area contributed by atoms with Gasteiger partial charge in [0, 0.05) is 38.3 Å². The zero-order valence-electron chi connectivity index (χ0n) is 18.2. The van der Waals surface area contributed by atoms with Gasteiger partial charge in [0.05, 0.1) is 20.3 Å². The Morgan fingerprint density at radius 3 is 2.35 bits per heavy atom. The van der Waals surface area contributed by atoms with Crippen LogP contribution in [0.1, 0.15) is 34.3 Å². The van der Waals surface area contributed by atoms with Gasteiger partial charge in [0.1, 0.15) is 0 Å². The first kappa shape index (κ1) is 21.8. The fraction of sp³-hybridized carbons (Fsp3) is 0.480. The van der Waals surface area contributed by atoms with E-state index in [0.717, 1.165) is 52.1 Å². The van der Waals surface area contributed by atoms with E-state index in [9.17, 15) is 9.18 Å². The van der Waals surface area contributed by atoms with Crippen LogP contribution in [-0.2, 0) is 17.7 Å². The van der Waals surface area contributed by atoms with Crippen LogP contribution in [-0.4, -0.2) is 62.2 Å². The summed E-state index contributed by atoms with van der Waals surface area (Å²) in [4.78, 5) is 17.0. The normalized spacial score (nSPS) is 18.2. The highest BCUT2D eigenvalue weighted by Crippen LogP contribution is 2.25. The van der Waals surface area contributed by atoms with Gasteiger partial charge >= 0.3 is 0 Å². The summed E-state index contributed by atoms with van der Waals surface area (Å²) in [6.45, 7) is 6.07. The second-order valence-electron chi connectivity index (χ2n) is 8.49. The molecule has 0 aliphatic carbocycles. The van der Waals surface area contributed by atoms with Crippen molar-refractivity contribution in [2.24, 2.45) is 5.92 Å². The molecule has 4 rings (SSSR count). The number of amides is 1. The van der Waals surface area contributed by atoms with E-state index < -0.39 is 5.82 Å². The number of rotatable bonds is 6. The predicted octanol–water partition coefficient (Wildman–Crippen LogP) is 3.76. The summed E-state index contributed by atoms with van der Waals surface area (Å²) in [6, 6.07) is 13.4. The summed E-state index contributed by atoms with van der Waals surface area (Å²) in [5.41, 5.74) is 3.08. The van der Waals surface area contributed by atoms with Crippen LogP contribution < -0.4 is 4.74 Å². The first-order valence-electron chi connectivity index (χ1n) is 11.1. The molecule has 166 valence electrons. The number of benzene rings is 2. The molecular weight excluding hydrogens is 395 g/mol. The van der Waals surface area contributed by atoms with Crippen LogP contribution >= 0.6 is 0 Å². The molecule has 0 radical (unpaired) electrons. The zero-order valence-corrected chi connectivity index (χ0v) is 18.2. The number of hydrogen-bond donors (Lipinski definition) is 0. The second-order valence-corrected chi connectivity index (χ2v) is 8.49. The third-order valence-electron chi connectivity index (χ3n) is 6.36. The molecule has 31 heavy (non-hydrogen) atoms. The van der Waals surface area contributed by atoms with E-state index in [2.05, 4.69) is 29.2 Å². The summed E-state index contributed by atoms with van der Waals surface area (Å²) in [7, 11) is 1.42. The molecular formula is C25H31FN2O3. The van der Waals surface area contributed by atoms with Crippen molar-refractivity contribution in [2.45, 2.75) is 25.8 Å². The Balaban J connectivity index is 1.26. The number of methoxy groups -OCH3 is 1. The maximum Gasteiger partial charge on any atom is 0.253 e. The van der Waals surface area contributed by atoms with Crippen molar-refractivity contribution in [1.82, 2.24) is 9.80 Å². The topological polar surface area (TPSA) is 42.0 Å². The highest BCUT2D eigenvalue weighted by atomic mass is 19.1. The van der Waals surface area contributed by atoms with Crippen LogP contribution in [0.25, 0.3) is 0 Å². The maximum absolute atomic E-state index is 13.9. The second kappa shape index (κ2) is 10.2. The predicted molar refractivity (Wildman–Crippen MR) is 118 cm³/mol. The lowest BCUT2D eigenvalue weighted by Crippen LogP contribution is -2.39. The number of ether oxygens (including phenoxy) is 2. The van der Waals surface area contributed by atoms with Crippen LogP contribution in [0, 0.1) is 11.7 Å². The Hall–Kier alpha value is -2.44. The summed E-state index contributed by atoms with van der Waals surface area (Å²) < 4.78 is 24.3. The molecule has 0 saturated carbocycles. The number of halogens is 1. The minimum absolute atomic E-state index is 0.104. The van der Waals surface area contributed by atoms with Crippen LogP contribution in [0.15, 0.2) is 42.5 Å². The van der Waals surface area contributed by atoms with Crippen LogP contribution in [0.3, 0.4) is 0 Å². The Bertz CT molecular complexity index is 873. The Labute approximate surface area is 183 Å². The van der Waals surface area contributed by atoms with Crippen molar-refractivity contribution >= 4 is 5.91 Å². The van der Waals surface area contributed by atoms with Gasteiger partial charge < -0.3 is 14.4 Å². The lowest BCUT2D eigenvalue weighted by Gasteiger charge is -2.32. The molecule has 0 N–H and O–H groups in total. The van der Waals surface area contributed by atoms with Gasteiger partial charge in [-0.3, -0.25) is 9.69 Å². The van der Waals surface area contributed by atoms with Crippen LogP contribution in [0.4, 0.5) is 4.39 Å². The molecule has 2 aromatic rings. The monoisotopic (exact) mass is 426 g/mol. The zero-order chi connectivity index (χ0) is 21.6. The van der Waals surface area contributed by atoms with Crippen LogP contribution in [0.2, 0.25) is 0 Å². The lowest BCUT2D eigenvalue weighted by atomic mass is 9.89. The molecule has 2 aliphatic rings. The Morgan fingerprint density at radius 1 is 1.03 bits per heavy atom. The van der Waals surface area contributed by atoms with Gasteiger partial charge in [-0.15, -0.1) is 0 Å². The van der Waals surface area contributed by atoms with Gasteiger partial charge in [-0.05, 0) is 54.5 Å². The van der Waals surface area contributed by atoms with E-state index >= 15 is 0 Å². The molecule has 1 amide bonds. The summed E-state index contributed by atoms with van der Waals surface area (Å²) in [5.74, 6) is 0.126. The van der Waals surface area contributed by atoms with Crippen molar-refractivity contribution in [3.8, 4) is 5.75 Å². The number of morpholine rings is 1. The van der Waals surface area contributed by atoms with Gasteiger partial charge in [-0.1, -0.05) is 24.3 Å². The minimum Gasteiger partial charge on any atom is -0.494 e. The summed E-state index contributed by atoms with van der Waals surface area (Å²) in [6.07, 6.45) is 2.98. The number of carbonyl (C=O) groups is 1. The van der Waals surface area contributed by atoms with E-state index in [-0.39, 0.29) is 11.7 Å². The number of likely N-dealkylation sites (tertiary alicyclic amines) is 1. The third-order valence-corrected chi connectivity index (χ3v) is 6.36. The van der Waals surface area contributed by atoms with Crippen molar-refractivity contribution in [3.63, 3.8) is 0 Å². The molecule has 0 aromatic heterocycles. The highest BCUT2D eigenvalue weighted by Gasteiger charge is 2.24. The molecule has 0 bridgehead atoms. The number of hydrogen-bond acceptors (Lipinski definition) is 4. The smallest absolute Gasteiger partial charge is 0.253 e. The molecule has 2 aromatic carbocycles. The molecule has 0 spiro atoms. The largest absolute Gasteiger partial charge is 0.494 e.